The molecular formula is C22H27FN6O. The maximum Gasteiger partial charge on any atom is 0.262 e. The number of piperidine rings is 1. The predicted octanol–water partition coefficient (Wildman–Crippen LogP) is 3.70. The fourth-order valence-corrected chi connectivity index (χ4v) is 3.73. The summed E-state index contributed by atoms with van der Waals surface area (Å²) in [7, 11) is 1.97. The molecule has 0 atom stereocenters. The van der Waals surface area contributed by atoms with Gasteiger partial charge in [-0.25, -0.2) is 9.37 Å². The van der Waals surface area contributed by atoms with Gasteiger partial charge in [0.25, 0.3) is 5.91 Å². The molecule has 1 saturated heterocycles. The Morgan fingerprint density at radius 3 is 2.63 bits per heavy atom. The zero-order valence-corrected chi connectivity index (χ0v) is 17.7. The van der Waals surface area contributed by atoms with Gasteiger partial charge in [-0.3, -0.25) is 19.4 Å². The number of nitrogens with zero attached hydrogens (tertiary/aromatic N) is 5. The molecule has 1 amide bonds. The molecule has 0 aliphatic carbocycles. The second kappa shape index (κ2) is 8.10. The summed E-state index contributed by atoms with van der Waals surface area (Å²) < 4.78 is 15.8. The van der Waals surface area contributed by atoms with Crippen LogP contribution in [0.5, 0.6) is 0 Å². The second-order valence-corrected chi connectivity index (χ2v) is 8.38. The minimum Gasteiger partial charge on any atom is -0.308 e. The van der Waals surface area contributed by atoms with Crippen LogP contribution in [0.2, 0.25) is 0 Å². The summed E-state index contributed by atoms with van der Waals surface area (Å²) in [5, 5.41) is 7.82. The van der Waals surface area contributed by atoms with Crippen molar-refractivity contribution in [3.63, 3.8) is 0 Å². The summed E-state index contributed by atoms with van der Waals surface area (Å²) in [5.41, 5.74) is 1.88. The number of amides is 1. The highest BCUT2D eigenvalue weighted by Gasteiger charge is 2.27. The lowest BCUT2D eigenvalue weighted by Crippen LogP contribution is -2.32. The van der Waals surface area contributed by atoms with Crippen LogP contribution in [0.25, 0.3) is 22.0 Å². The van der Waals surface area contributed by atoms with E-state index in [1.165, 1.54) is 33.1 Å². The quantitative estimate of drug-likeness (QED) is 0.694. The Bertz CT molecular complexity index is 1070. The summed E-state index contributed by atoms with van der Waals surface area (Å²) in [5.74, 6) is -0.425. The maximum atomic E-state index is 13.8. The number of rotatable bonds is 5. The van der Waals surface area contributed by atoms with Gasteiger partial charge < -0.3 is 5.32 Å². The largest absolute Gasteiger partial charge is 0.308 e. The van der Waals surface area contributed by atoms with Crippen LogP contribution in [0.3, 0.4) is 0 Å². The molecule has 0 spiro atoms. The number of fused-ring (bicyclic) bond motifs is 1. The van der Waals surface area contributed by atoms with Crippen LogP contribution in [-0.2, 0) is 18.4 Å². The molecule has 0 unspecified atom stereocenters. The molecule has 7 nitrogen and oxygen atoms in total. The normalized spacial score (nSPS) is 15.5. The Labute approximate surface area is 175 Å². The van der Waals surface area contributed by atoms with E-state index in [-0.39, 0.29) is 0 Å². The van der Waals surface area contributed by atoms with Crippen LogP contribution in [0.1, 0.15) is 38.8 Å². The molecule has 4 heterocycles. The lowest BCUT2D eigenvalue weighted by molar-refractivity contribution is -0.125. The van der Waals surface area contributed by atoms with Gasteiger partial charge >= 0.3 is 0 Å². The van der Waals surface area contributed by atoms with E-state index in [4.69, 9.17) is 0 Å². The number of carbonyl (C=O) groups excluding carboxylic acids is 1. The molecule has 4 rings (SSSR count). The monoisotopic (exact) mass is 410 g/mol. The van der Waals surface area contributed by atoms with Gasteiger partial charge in [-0.2, -0.15) is 5.10 Å². The van der Waals surface area contributed by atoms with E-state index >= 15 is 0 Å². The maximum absolute atomic E-state index is 13.8. The SMILES string of the molecule is Cn1ncc(-c2cnc3cnc(NC(=O)C(C)(C)F)cc3c2)c1CN1CCCCC1. The second-order valence-electron chi connectivity index (χ2n) is 8.38. The number of likely N-dealkylation sites (tertiary alicyclic amines) is 1. The first-order valence-corrected chi connectivity index (χ1v) is 10.3. The van der Waals surface area contributed by atoms with Gasteiger partial charge in [0, 0.05) is 36.3 Å². The minimum atomic E-state index is -1.98. The lowest BCUT2D eigenvalue weighted by atomic mass is 10.0. The van der Waals surface area contributed by atoms with E-state index in [1.54, 1.807) is 12.3 Å². The number of carbonyl (C=O) groups is 1. The van der Waals surface area contributed by atoms with Crippen LogP contribution < -0.4 is 5.32 Å². The number of hydrogen-bond donors (Lipinski definition) is 1. The molecule has 1 aliphatic rings. The molecule has 1 fully saturated rings. The van der Waals surface area contributed by atoms with Crippen molar-refractivity contribution in [3.8, 4) is 11.1 Å². The van der Waals surface area contributed by atoms with E-state index in [9.17, 15) is 9.18 Å². The molecule has 0 radical (unpaired) electrons. The molecule has 158 valence electrons. The van der Waals surface area contributed by atoms with Crippen LogP contribution in [0.4, 0.5) is 10.2 Å². The zero-order chi connectivity index (χ0) is 21.3. The van der Waals surface area contributed by atoms with E-state index in [0.29, 0.717) is 11.3 Å². The molecular weight excluding hydrogens is 383 g/mol. The van der Waals surface area contributed by atoms with Gasteiger partial charge in [0.2, 0.25) is 0 Å². The van der Waals surface area contributed by atoms with Crippen molar-refractivity contribution < 1.29 is 9.18 Å². The Balaban J connectivity index is 1.64. The van der Waals surface area contributed by atoms with Gasteiger partial charge in [0.1, 0.15) is 5.82 Å². The number of halogens is 1. The summed E-state index contributed by atoms with van der Waals surface area (Å²) in [6.07, 6.45) is 9.05. The van der Waals surface area contributed by atoms with E-state index in [0.717, 1.165) is 41.8 Å². The first-order chi connectivity index (χ1) is 14.3. The van der Waals surface area contributed by atoms with Gasteiger partial charge in [0.05, 0.1) is 23.6 Å². The predicted molar refractivity (Wildman–Crippen MR) is 115 cm³/mol. The number of alkyl halides is 1. The molecule has 1 aliphatic heterocycles. The van der Waals surface area contributed by atoms with E-state index in [1.807, 2.05) is 30.2 Å². The third-order valence-corrected chi connectivity index (χ3v) is 5.54. The van der Waals surface area contributed by atoms with Crippen LogP contribution >= 0.6 is 0 Å². The molecule has 0 saturated carbocycles. The first-order valence-electron chi connectivity index (χ1n) is 10.3. The van der Waals surface area contributed by atoms with Crippen LogP contribution in [-0.4, -0.2) is 49.3 Å². The fraction of sp³-hybridized carbons (Fsp3) is 0.455. The van der Waals surface area contributed by atoms with E-state index in [2.05, 4.69) is 25.3 Å². The Hall–Kier alpha value is -2.87. The van der Waals surface area contributed by atoms with Crippen molar-refractivity contribution in [1.82, 2.24) is 24.6 Å². The summed E-state index contributed by atoms with van der Waals surface area (Å²) >= 11 is 0. The number of nitrogens with one attached hydrogen (secondary N) is 1. The molecule has 8 heteroatoms. The topological polar surface area (TPSA) is 75.9 Å². The number of hydrogen-bond acceptors (Lipinski definition) is 5. The lowest BCUT2D eigenvalue weighted by Gasteiger charge is -2.26. The molecule has 30 heavy (non-hydrogen) atoms. The first kappa shape index (κ1) is 20.4. The molecule has 3 aromatic rings. The van der Waals surface area contributed by atoms with Gasteiger partial charge in [-0.05, 0) is 51.9 Å². The van der Waals surface area contributed by atoms with Gasteiger partial charge in [0.15, 0.2) is 5.67 Å². The average Bonchev–Trinajstić information content (AvgIpc) is 3.08. The van der Waals surface area contributed by atoms with Gasteiger partial charge in [-0.1, -0.05) is 6.42 Å². The Kier molecular flexibility index (Phi) is 5.51. The molecule has 0 bridgehead atoms. The standard InChI is InChI=1S/C22H27FN6O/c1-22(2,23)21(30)27-20-10-15-9-16(11-24-18(15)13-25-20)17-12-26-28(3)19(17)14-29-7-5-4-6-8-29/h9-13H,4-8,14H2,1-3H3,(H,25,27,30). The number of aryl methyl sites for hydroxylation is 1. The minimum absolute atomic E-state index is 0.303. The van der Waals surface area contributed by atoms with Gasteiger partial charge in [-0.15, -0.1) is 0 Å². The van der Waals surface area contributed by atoms with Crippen molar-refractivity contribution >= 4 is 22.6 Å². The van der Waals surface area contributed by atoms with Crippen LogP contribution in [0, 0.1) is 0 Å². The highest BCUT2D eigenvalue weighted by atomic mass is 19.1. The molecule has 0 aromatic carbocycles. The summed E-state index contributed by atoms with van der Waals surface area (Å²) in [4.78, 5) is 23.1. The molecule has 3 aromatic heterocycles. The molecule has 1 N–H and O–H groups in total. The van der Waals surface area contributed by atoms with Crippen LogP contribution in [0.15, 0.2) is 30.7 Å². The van der Waals surface area contributed by atoms with Crippen molar-refractivity contribution in [3.05, 3.63) is 36.4 Å². The highest BCUT2D eigenvalue weighted by Crippen LogP contribution is 2.28. The van der Waals surface area contributed by atoms with Crippen molar-refractivity contribution in [2.24, 2.45) is 7.05 Å². The third-order valence-electron chi connectivity index (χ3n) is 5.54. The highest BCUT2D eigenvalue weighted by molar-refractivity contribution is 5.97. The Morgan fingerprint density at radius 2 is 1.90 bits per heavy atom. The zero-order valence-electron chi connectivity index (χ0n) is 17.7. The van der Waals surface area contributed by atoms with Crippen molar-refractivity contribution in [1.29, 1.82) is 0 Å². The summed E-state index contributed by atoms with van der Waals surface area (Å²) in [6.45, 7) is 5.51. The average molecular weight is 410 g/mol. The third kappa shape index (κ3) is 4.33. The smallest absolute Gasteiger partial charge is 0.262 e. The number of pyridine rings is 2. The Morgan fingerprint density at radius 1 is 1.13 bits per heavy atom. The van der Waals surface area contributed by atoms with E-state index < -0.39 is 11.6 Å². The summed E-state index contributed by atoms with van der Waals surface area (Å²) in [6, 6.07) is 3.73. The van der Waals surface area contributed by atoms with Crippen molar-refractivity contribution in [2.75, 3.05) is 18.4 Å². The number of anilines is 1. The van der Waals surface area contributed by atoms with Crippen molar-refractivity contribution in [2.45, 2.75) is 45.3 Å². The fourth-order valence-electron chi connectivity index (χ4n) is 3.73. The number of aromatic nitrogens is 4.